The van der Waals surface area contributed by atoms with Gasteiger partial charge in [0.1, 0.15) is 0 Å². The van der Waals surface area contributed by atoms with Crippen LogP contribution in [0, 0.1) is 0 Å². The van der Waals surface area contributed by atoms with Crippen molar-refractivity contribution in [3.05, 3.63) is 47.5 Å². The van der Waals surface area contributed by atoms with E-state index in [1.165, 1.54) is 21.9 Å². The van der Waals surface area contributed by atoms with Crippen molar-refractivity contribution in [1.82, 2.24) is 0 Å². The monoisotopic (exact) mass is 456 g/mol. The molecule has 4 nitrogen and oxygen atoms in total. The maximum atomic E-state index is 13.4. The summed E-state index contributed by atoms with van der Waals surface area (Å²) in [6.07, 6.45) is -8.45. The molecule has 0 spiro atoms. The molecule has 2 fully saturated rings. The second-order valence-electron chi connectivity index (χ2n) is 7.77. The lowest BCUT2D eigenvalue weighted by atomic mass is 9.96. The second kappa shape index (κ2) is 7.83. The van der Waals surface area contributed by atoms with Crippen LogP contribution in [0.4, 0.5) is 37.7 Å². The molecule has 2 amide bonds. The van der Waals surface area contributed by atoms with Crippen LogP contribution in [-0.4, -0.2) is 24.9 Å². The summed E-state index contributed by atoms with van der Waals surface area (Å²) in [5.74, 6) is -0.511. The van der Waals surface area contributed by atoms with Crippen molar-refractivity contribution < 1.29 is 35.9 Å². The molecule has 0 N–H and O–H groups in total. The van der Waals surface area contributed by atoms with Gasteiger partial charge < -0.3 is 9.80 Å². The van der Waals surface area contributed by atoms with E-state index < -0.39 is 23.5 Å². The zero-order valence-corrected chi connectivity index (χ0v) is 16.7. The predicted octanol–water partition coefficient (Wildman–Crippen LogP) is 5.64. The number of benzene rings is 2. The lowest BCUT2D eigenvalue weighted by molar-refractivity contribution is -0.143. The van der Waals surface area contributed by atoms with Gasteiger partial charge in [0.05, 0.1) is 22.5 Å². The maximum Gasteiger partial charge on any atom is 0.416 e. The molecule has 32 heavy (non-hydrogen) atoms. The van der Waals surface area contributed by atoms with Crippen molar-refractivity contribution >= 4 is 23.2 Å². The van der Waals surface area contributed by atoms with E-state index in [-0.39, 0.29) is 54.1 Å². The van der Waals surface area contributed by atoms with Gasteiger partial charge in [0, 0.05) is 31.5 Å². The van der Waals surface area contributed by atoms with Gasteiger partial charge >= 0.3 is 12.4 Å². The largest absolute Gasteiger partial charge is 0.416 e. The van der Waals surface area contributed by atoms with E-state index >= 15 is 0 Å². The Morgan fingerprint density at radius 2 is 1.25 bits per heavy atom. The maximum absolute atomic E-state index is 13.4. The predicted molar refractivity (Wildman–Crippen MR) is 105 cm³/mol. The first-order valence-corrected chi connectivity index (χ1v) is 10.0. The number of amides is 2. The molecule has 10 heteroatoms. The Hall–Kier alpha value is -3.04. The average Bonchev–Trinajstić information content (AvgIpc) is 3.33. The highest BCUT2D eigenvalue weighted by atomic mass is 19.4. The standard InChI is InChI=1S/C22H18F6N2O2/c23-21(24,25)14-10-13(11-15(12-14)22(26,27)28)16-4-1-5-17(29-8-2-6-18(29)31)20(16)30-9-3-7-19(30)32/h1,4-5,10-12H,2-3,6-9H2. The quantitative estimate of drug-likeness (QED) is 0.561. The van der Waals surface area contributed by atoms with Crippen molar-refractivity contribution in [2.24, 2.45) is 0 Å². The minimum atomic E-state index is -5.00. The lowest BCUT2D eigenvalue weighted by Gasteiger charge is -2.28. The fourth-order valence-corrected chi connectivity index (χ4v) is 4.16. The number of carbonyl (C=O) groups excluding carboxylic acids is 2. The summed E-state index contributed by atoms with van der Waals surface area (Å²) in [5.41, 5.74) is -2.69. The highest BCUT2D eigenvalue weighted by Crippen LogP contribution is 2.45. The Labute approximate surface area is 179 Å². The van der Waals surface area contributed by atoms with E-state index in [0.717, 1.165) is 0 Å². The van der Waals surface area contributed by atoms with Crippen molar-refractivity contribution in [2.75, 3.05) is 22.9 Å². The van der Waals surface area contributed by atoms with Crippen LogP contribution in [0.2, 0.25) is 0 Å². The minimum absolute atomic E-state index is 0.0362. The van der Waals surface area contributed by atoms with Gasteiger partial charge in [-0.05, 0) is 42.7 Å². The van der Waals surface area contributed by atoms with Crippen LogP contribution in [0.1, 0.15) is 36.8 Å². The van der Waals surface area contributed by atoms with E-state index in [1.54, 1.807) is 6.07 Å². The summed E-state index contributed by atoms with van der Waals surface area (Å²) in [5, 5.41) is 0. The molecule has 2 aliphatic rings. The van der Waals surface area contributed by atoms with Crippen molar-refractivity contribution in [3.8, 4) is 11.1 Å². The summed E-state index contributed by atoms with van der Waals surface area (Å²) in [6, 6.07) is 5.76. The molecule has 2 aromatic rings. The van der Waals surface area contributed by atoms with Crippen LogP contribution in [-0.2, 0) is 21.9 Å². The summed E-state index contributed by atoms with van der Waals surface area (Å²) in [6.45, 7) is 0.615. The number of rotatable bonds is 3. The van der Waals surface area contributed by atoms with Crippen molar-refractivity contribution in [1.29, 1.82) is 0 Å². The summed E-state index contributed by atoms with van der Waals surface area (Å²) >= 11 is 0. The highest BCUT2D eigenvalue weighted by Gasteiger charge is 2.38. The third kappa shape index (κ3) is 4.05. The number of carbonyl (C=O) groups is 2. The van der Waals surface area contributed by atoms with Crippen LogP contribution in [0.25, 0.3) is 11.1 Å². The van der Waals surface area contributed by atoms with Gasteiger partial charge in [0.15, 0.2) is 0 Å². The fraction of sp³-hybridized carbons (Fsp3) is 0.364. The number of hydrogen-bond donors (Lipinski definition) is 0. The minimum Gasteiger partial charge on any atom is -0.310 e. The third-order valence-electron chi connectivity index (χ3n) is 5.62. The van der Waals surface area contributed by atoms with E-state index in [0.29, 0.717) is 37.2 Å². The van der Waals surface area contributed by atoms with Crippen molar-refractivity contribution in [2.45, 2.75) is 38.0 Å². The highest BCUT2D eigenvalue weighted by molar-refractivity contribution is 6.08. The van der Waals surface area contributed by atoms with Crippen LogP contribution >= 0.6 is 0 Å². The van der Waals surface area contributed by atoms with Gasteiger partial charge in [-0.1, -0.05) is 12.1 Å². The van der Waals surface area contributed by atoms with Gasteiger partial charge in [0.25, 0.3) is 0 Å². The summed E-state index contributed by atoms with van der Waals surface area (Å²) < 4.78 is 80.4. The zero-order valence-electron chi connectivity index (χ0n) is 16.7. The Balaban J connectivity index is 1.98. The fourth-order valence-electron chi connectivity index (χ4n) is 4.16. The Bertz CT molecular complexity index is 1040. The average molecular weight is 456 g/mol. The number of para-hydroxylation sites is 1. The van der Waals surface area contributed by atoms with Crippen LogP contribution in [0.5, 0.6) is 0 Å². The van der Waals surface area contributed by atoms with Gasteiger partial charge in [-0.25, -0.2) is 0 Å². The van der Waals surface area contributed by atoms with E-state index in [1.807, 2.05) is 0 Å². The number of halogens is 6. The normalized spacial score (nSPS) is 17.6. The number of hydrogen-bond acceptors (Lipinski definition) is 2. The Morgan fingerprint density at radius 3 is 1.72 bits per heavy atom. The lowest BCUT2D eigenvalue weighted by Crippen LogP contribution is -2.30. The van der Waals surface area contributed by atoms with Crippen molar-refractivity contribution in [3.63, 3.8) is 0 Å². The molecule has 2 aromatic carbocycles. The summed E-state index contributed by atoms with van der Waals surface area (Å²) in [4.78, 5) is 27.7. The Kier molecular flexibility index (Phi) is 5.42. The van der Waals surface area contributed by atoms with Crippen LogP contribution < -0.4 is 9.80 Å². The molecule has 2 aliphatic heterocycles. The molecule has 0 aliphatic carbocycles. The first-order chi connectivity index (χ1) is 15.0. The smallest absolute Gasteiger partial charge is 0.310 e. The SMILES string of the molecule is O=C1CCCN1c1cccc(-c2cc(C(F)(F)F)cc(C(F)(F)F)c2)c1N1CCCC1=O. The van der Waals surface area contributed by atoms with Crippen LogP contribution in [0.3, 0.4) is 0 Å². The van der Waals surface area contributed by atoms with Gasteiger partial charge in [-0.3, -0.25) is 9.59 Å². The molecule has 170 valence electrons. The summed E-state index contributed by atoms with van der Waals surface area (Å²) in [7, 11) is 0. The number of nitrogens with zero attached hydrogens (tertiary/aromatic N) is 2. The van der Waals surface area contributed by atoms with E-state index in [2.05, 4.69) is 0 Å². The third-order valence-corrected chi connectivity index (χ3v) is 5.62. The first kappa shape index (κ1) is 22.2. The Morgan fingerprint density at radius 1 is 0.719 bits per heavy atom. The van der Waals surface area contributed by atoms with Gasteiger partial charge in [0.2, 0.25) is 11.8 Å². The molecule has 0 unspecified atom stereocenters. The molecular formula is C22H18F6N2O2. The number of alkyl halides is 6. The molecule has 0 atom stereocenters. The van der Waals surface area contributed by atoms with Gasteiger partial charge in [-0.2, -0.15) is 26.3 Å². The molecular weight excluding hydrogens is 438 g/mol. The number of anilines is 2. The topological polar surface area (TPSA) is 40.6 Å². The molecule has 0 saturated carbocycles. The molecule has 0 bridgehead atoms. The van der Waals surface area contributed by atoms with E-state index in [4.69, 9.17) is 0 Å². The zero-order chi connectivity index (χ0) is 23.3. The molecule has 2 saturated heterocycles. The molecule has 0 aromatic heterocycles. The molecule has 4 rings (SSSR count). The van der Waals surface area contributed by atoms with E-state index in [9.17, 15) is 35.9 Å². The second-order valence-corrected chi connectivity index (χ2v) is 7.77. The molecule has 2 heterocycles. The molecule has 0 radical (unpaired) electrons. The van der Waals surface area contributed by atoms with Crippen LogP contribution in [0.15, 0.2) is 36.4 Å². The van der Waals surface area contributed by atoms with Gasteiger partial charge in [-0.15, -0.1) is 0 Å². The first-order valence-electron chi connectivity index (χ1n) is 10.0.